The number of anilines is 1. The number of hydrogen-bond acceptors (Lipinski definition) is 5. The van der Waals surface area contributed by atoms with E-state index in [1.54, 1.807) is 30.5 Å². The van der Waals surface area contributed by atoms with Gasteiger partial charge in [0, 0.05) is 35.2 Å². The summed E-state index contributed by atoms with van der Waals surface area (Å²) in [7, 11) is 0. The standard InChI is InChI=1S/C25H23N5O4/c31-22-9-8-21(24(33)28-22)29-13-16-11-17(5-6-19(16)25(29)34)27-23(32)14-4-7-20-15(10-14)12-26-30(20)18-2-1-3-18/h4-7,10-12,18,21H,1-3,8-9,13H2,(H,27,32)(H,28,31,33). The molecule has 0 bridgehead atoms. The monoisotopic (exact) mass is 457 g/mol. The van der Waals surface area contributed by atoms with Gasteiger partial charge in [0.15, 0.2) is 0 Å². The minimum atomic E-state index is -0.664. The summed E-state index contributed by atoms with van der Waals surface area (Å²) in [5.74, 6) is -1.24. The van der Waals surface area contributed by atoms with Crippen LogP contribution in [0.4, 0.5) is 5.69 Å². The van der Waals surface area contributed by atoms with E-state index >= 15 is 0 Å². The third kappa shape index (κ3) is 3.35. The summed E-state index contributed by atoms with van der Waals surface area (Å²) in [6.07, 6.45) is 5.83. The number of nitrogens with one attached hydrogen (secondary N) is 2. The van der Waals surface area contributed by atoms with Gasteiger partial charge in [-0.3, -0.25) is 29.2 Å². The van der Waals surface area contributed by atoms with Crippen LogP contribution in [0.2, 0.25) is 0 Å². The first kappa shape index (κ1) is 20.6. The molecule has 2 aromatic carbocycles. The Morgan fingerprint density at radius 2 is 1.91 bits per heavy atom. The van der Waals surface area contributed by atoms with Crippen molar-refractivity contribution in [2.45, 2.75) is 50.7 Å². The van der Waals surface area contributed by atoms with E-state index in [-0.39, 0.29) is 30.7 Å². The van der Waals surface area contributed by atoms with Gasteiger partial charge in [0.25, 0.3) is 11.8 Å². The summed E-state index contributed by atoms with van der Waals surface area (Å²) >= 11 is 0. The van der Waals surface area contributed by atoms with Crippen LogP contribution in [0.3, 0.4) is 0 Å². The zero-order chi connectivity index (χ0) is 23.4. The predicted octanol–water partition coefficient (Wildman–Crippen LogP) is 2.77. The molecule has 3 aliphatic rings. The first-order valence-corrected chi connectivity index (χ1v) is 11.5. The van der Waals surface area contributed by atoms with Gasteiger partial charge < -0.3 is 10.2 Å². The lowest BCUT2D eigenvalue weighted by molar-refractivity contribution is -0.136. The fraction of sp³-hybridized carbons (Fsp3) is 0.320. The summed E-state index contributed by atoms with van der Waals surface area (Å²) in [4.78, 5) is 50.9. The van der Waals surface area contributed by atoms with Gasteiger partial charge in [-0.15, -0.1) is 0 Å². The summed E-state index contributed by atoms with van der Waals surface area (Å²) < 4.78 is 2.05. The Bertz CT molecular complexity index is 1370. The number of piperidine rings is 1. The number of aromatic nitrogens is 2. The SMILES string of the molecule is O=C1CCC(N2Cc3cc(NC(=O)c4ccc5c(cnn5C5CCC5)c4)ccc3C2=O)C(=O)N1. The molecule has 1 aliphatic carbocycles. The lowest BCUT2D eigenvalue weighted by Gasteiger charge is -2.29. The fourth-order valence-electron chi connectivity index (χ4n) is 4.97. The largest absolute Gasteiger partial charge is 0.322 e. The quantitative estimate of drug-likeness (QED) is 0.585. The highest BCUT2D eigenvalue weighted by Gasteiger charge is 2.39. The van der Waals surface area contributed by atoms with Gasteiger partial charge in [0.1, 0.15) is 6.04 Å². The maximum atomic E-state index is 12.9. The molecule has 1 atom stereocenters. The third-order valence-corrected chi connectivity index (χ3v) is 7.06. The summed E-state index contributed by atoms with van der Waals surface area (Å²) in [5, 5.41) is 10.6. The highest BCUT2D eigenvalue weighted by Crippen LogP contribution is 2.34. The fourth-order valence-corrected chi connectivity index (χ4v) is 4.97. The van der Waals surface area contributed by atoms with Crippen LogP contribution in [0.1, 0.15) is 64.4 Å². The third-order valence-electron chi connectivity index (χ3n) is 7.06. The van der Waals surface area contributed by atoms with Crippen LogP contribution < -0.4 is 10.6 Å². The number of nitrogens with zero attached hydrogens (tertiary/aromatic N) is 3. The molecule has 6 rings (SSSR count). The highest BCUT2D eigenvalue weighted by molar-refractivity contribution is 6.08. The Balaban J connectivity index is 1.18. The smallest absolute Gasteiger partial charge is 0.255 e. The average molecular weight is 457 g/mol. The number of rotatable bonds is 4. The number of carbonyl (C=O) groups is 4. The van der Waals surface area contributed by atoms with Crippen molar-refractivity contribution < 1.29 is 19.2 Å². The normalized spacial score (nSPS) is 20.3. The van der Waals surface area contributed by atoms with Crippen LogP contribution in [0.5, 0.6) is 0 Å². The van der Waals surface area contributed by atoms with Crippen molar-refractivity contribution >= 4 is 40.2 Å². The van der Waals surface area contributed by atoms with Gasteiger partial charge >= 0.3 is 0 Å². The molecule has 0 spiro atoms. The van der Waals surface area contributed by atoms with Crippen LogP contribution in [0.25, 0.3) is 10.9 Å². The molecule has 2 aliphatic heterocycles. The van der Waals surface area contributed by atoms with Crippen molar-refractivity contribution in [1.29, 1.82) is 0 Å². The maximum Gasteiger partial charge on any atom is 0.255 e. The van der Waals surface area contributed by atoms with E-state index in [0.717, 1.165) is 29.3 Å². The maximum absolute atomic E-state index is 12.9. The Labute approximate surface area is 195 Å². The average Bonchev–Trinajstić information content (AvgIpc) is 3.33. The summed E-state index contributed by atoms with van der Waals surface area (Å²) in [5.41, 5.74) is 3.39. The van der Waals surface area contributed by atoms with Crippen LogP contribution in [-0.4, -0.2) is 44.4 Å². The second-order valence-corrected chi connectivity index (χ2v) is 9.17. The lowest BCUT2D eigenvalue weighted by atomic mass is 9.93. The Kier molecular flexibility index (Phi) is 4.72. The first-order chi connectivity index (χ1) is 16.5. The van der Waals surface area contributed by atoms with E-state index in [2.05, 4.69) is 15.7 Å². The van der Waals surface area contributed by atoms with Crippen molar-refractivity contribution in [3.05, 3.63) is 59.3 Å². The number of carbonyl (C=O) groups excluding carboxylic acids is 4. The molecular formula is C25H23N5O4. The molecule has 2 N–H and O–H groups in total. The first-order valence-electron chi connectivity index (χ1n) is 11.5. The van der Waals surface area contributed by atoms with Gasteiger partial charge in [-0.25, -0.2) is 0 Å². The van der Waals surface area contributed by atoms with Crippen molar-refractivity contribution in [2.75, 3.05) is 5.32 Å². The van der Waals surface area contributed by atoms with Crippen molar-refractivity contribution in [3.8, 4) is 0 Å². The summed E-state index contributed by atoms with van der Waals surface area (Å²) in [6.45, 7) is 0.260. The molecule has 34 heavy (non-hydrogen) atoms. The second-order valence-electron chi connectivity index (χ2n) is 9.17. The molecule has 1 unspecified atom stereocenters. The van der Waals surface area contributed by atoms with E-state index in [9.17, 15) is 19.2 Å². The zero-order valence-electron chi connectivity index (χ0n) is 18.4. The molecule has 3 aromatic rings. The van der Waals surface area contributed by atoms with Crippen LogP contribution >= 0.6 is 0 Å². The lowest BCUT2D eigenvalue weighted by Crippen LogP contribution is -2.52. The van der Waals surface area contributed by atoms with Gasteiger partial charge in [-0.1, -0.05) is 0 Å². The molecular weight excluding hydrogens is 434 g/mol. The minimum absolute atomic E-state index is 0.210. The number of amides is 4. The molecule has 0 radical (unpaired) electrons. The molecule has 9 nitrogen and oxygen atoms in total. The number of fused-ring (bicyclic) bond motifs is 2. The molecule has 1 saturated heterocycles. The van der Waals surface area contributed by atoms with Gasteiger partial charge in [0.2, 0.25) is 11.8 Å². The number of hydrogen-bond donors (Lipinski definition) is 2. The molecule has 9 heteroatoms. The van der Waals surface area contributed by atoms with E-state index in [4.69, 9.17) is 0 Å². The molecule has 3 heterocycles. The van der Waals surface area contributed by atoms with Crippen LogP contribution in [-0.2, 0) is 16.1 Å². The Morgan fingerprint density at radius 3 is 2.68 bits per heavy atom. The molecule has 172 valence electrons. The van der Waals surface area contributed by atoms with E-state index in [1.165, 1.54) is 11.3 Å². The van der Waals surface area contributed by atoms with Crippen molar-refractivity contribution in [2.24, 2.45) is 0 Å². The molecule has 2 fully saturated rings. The van der Waals surface area contributed by atoms with E-state index in [1.807, 2.05) is 16.8 Å². The van der Waals surface area contributed by atoms with E-state index in [0.29, 0.717) is 29.3 Å². The minimum Gasteiger partial charge on any atom is -0.322 e. The zero-order valence-corrected chi connectivity index (χ0v) is 18.4. The Hall–Kier alpha value is -4.01. The molecule has 1 aromatic heterocycles. The summed E-state index contributed by atoms with van der Waals surface area (Å²) in [6, 6.07) is 10.5. The number of imide groups is 1. The topological polar surface area (TPSA) is 113 Å². The van der Waals surface area contributed by atoms with Crippen LogP contribution in [0.15, 0.2) is 42.6 Å². The van der Waals surface area contributed by atoms with Gasteiger partial charge in [-0.2, -0.15) is 5.10 Å². The highest BCUT2D eigenvalue weighted by atomic mass is 16.2. The molecule has 4 amide bonds. The van der Waals surface area contributed by atoms with Crippen LogP contribution in [0, 0.1) is 0 Å². The Morgan fingerprint density at radius 1 is 1.06 bits per heavy atom. The molecule has 1 saturated carbocycles. The van der Waals surface area contributed by atoms with Gasteiger partial charge in [0.05, 0.1) is 17.8 Å². The van der Waals surface area contributed by atoms with E-state index < -0.39 is 11.9 Å². The predicted molar refractivity (Wildman–Crippen MR) is 123 cm³/mol. The van der Waals surface area contributed by atoms with Crippen molar-refractivity contribution in [1.82, 2.24) is 20.0 Å². The number of benzene rings is 2. The van der Waals surface area contributed by atoms with Crippen molar-refractivity contribution in [3.63, 3.8) is 0 Å². The van der Waals surface area contributed by atoms with Gasteiger partial charge in [-0.05, 0) is 67.6 Å². The second kappa shape index (κ2) is 7.79.